The van der Waals surface area contributed by atoms with E-state index in [4.69, 9.17) is 0 Å². The summed E-state index contributed by atoms with van der Waals surface area (Å²) in [5, 5.41) is 0. The number of amides is 1. The van der Waals surface area contributed by atoms with Gasteiger partial charge in [-0.05, 0) is 12.8 Å². The Bertz CT molecular complexity index is 236. The Balaban J connectivity index is 3.55. The molecule has 1 N–H and O–H groups in total. The van der Waals surface area contributed by atoms with Crippen LogP contribution in [0.5, 0.6) is 0 Å². The second kappa shape index (κ2) is 10.2. The number of carbonyl (C=O) groups is 2. The lowest BCUT2D eigenvalue weighted by Gasteiger charge is -2.02. The molecule has 0 saturated heterocycles. The van der Waals surface area contributed by atoms with Crippen LogP contribution in [0.1, 0.15) is 52.4 Å². The average molecular weight is 227 g/mol. The van der Waals surface area contributed by atoms with Gasteiger partial charge in [0.05, 0.1) is 0 Å². The van der Waals surface area contributed by atoms with Crippen LogP contribution in [-0.4, -0.2) is 11.9 Å². The highest BCUT2D eigenvalue weighted by molar-refractivity contribution is 5.87. The fourth-order valence-corrected chi connectivity index (χ4v) is 1.07. The lowest BCUT2D eigenvalue weighted by molar-refractivity contribution is -0.156. The fourth-order valence-electron chi connectivity index (χ4n) is 1.07. The summed E-state index contributed by atoms with van der Waals surface area (Å²) >= 11 is 0. The van der Waals surface area contributed by atoms with Crippen molar-refractivity contribution in [3.63, 3.8) is 0 Å². The highest BCUT2D eigenvalue weighted by Crippen LogP contribution is 1.99. The van der Waals surface area contributed by atoms with Crippen LogP contribution < -0.4 is 5.48 Å². The average Bonchev–Trinajstić information content (AvgIpc) is 2.27. The van der Waals surface area contributed by atoms with Gasteiger partial charge in [-0.15, -0.1) is 0 Å². The zero-order valence-corrected chi connectivity index (χ0v) is 10.1. The van der Waals surface area contributed by atoms with Crippen molar-refractivity contribution in [1.82, 2.24) is 5.48 Å². The van der Waals surface area contributed by atoms with E-state index in [1.165, 1.54) is 6.08 Å². The number of allylic oxidation sites excluding steroid dienone is 1. The number of nitrogens with one attached hydrogen (secondary N) is 1. The molecule has 0 heterocycles. The summed E-state index contributed by atoms with van der Waals surface area (Å²) in [6, 6.07) is 0. The number of unbranched alkanes of at least 4 members (excludes halogenated alkanes) is 3. The summed E-state index contributed by atoms with van der Waals surface area (Å²) in [7, 11) is 0. The first-order valence-electron chi connectivity index (χ1n) is 5.86. The molecule has 4 nitrogen and oxygen atoms in total. The van der Waals surface area contributed by atoms with Crippen molar-refractivity contribution in [2.24, 2.45) is 0 Å². The van der Waals surface area contributed by atoms with Crippen LogP contribution in [0.25, 0.3) is 0 Å². The minimum atomic E-state index is -0.391. The molecule has 0 aromatic heterocycles. The molecule has 0 aromatic carbocycles. The van der Waals surface area contributed by atoms with Crippen LogP contribution in [0.15, 0.2) is 12.2 Å². The van der Waals surface area contributed by atoms with Crippen molar-refractivity contribution in [3.05, 3.63) is 12.2 Å². The number of carbonyl (C=O) groups excluding carboxylic acids is 2. The molecule has 0 saturated carbocycles. The van der Waals surface area contributed by atoms with Gasteiger partial charge >= 0.3 is 5.97 Å². The molecule has 0 aliphatic carbocycles. The zero-order valence-electron chi connectivity index (χ0n) is 10.1. The monoisotopic (exact) mass is 227 g/mol. The Kier molecular flexibility index (Phi) is 9.36. The van der Waals surface area contributed by atoms with Gasteiger partial charge in [-0.2, -0.15) is 5.48 Å². The predicted molar refractivity (Wildman–Crippen MR) is 62.4 cm³/mol. The van der Waals surface area contributed by atoms with E-state index < -0.39 is 5.91 Å². The largest absolute Gasteiger partial charge is 0.341 e. The third-order valence-electron chi connectivity index (χ3n) is 1.97. The van der Waals surface area contributed by atoms with Gasteiger partial charge in [0.1, 0.15) is 0 Å². The van der Waals surface area contributed by atoms with Gasteiger partial charge in [0.2, 0.25) is 0 Å². The minimum Gasteiger partial charge on any atom is -0.341 e. The molecule has 0 radical (unpaired) electrons. The highest BCUT2D eigenvalue weighted by Gasteiger charge is 2.03. The van der Waals surface area contributed by atoms with Crippen LogP contribution in [0.3, 0.4) is 0 Å². The molecular formula is C12H21NO3. The zero-order chi connectivity index (χ0) is 12.2. The number of hydrogen-bond acceptors (Lipinski definition) is 3. The normalized spacial score (nSPS) is 10.4. The van der Waals surface area contributed by atoms with Crippen LogP contribution in [0, 0.1) is 0 Å². The number of hydroxylamine groups is 1. The van der Waals surface area contributed by atoms with Crippen molar-refractivity contribution in [2.75, 3.05) is 0 Å². The maximum Gasteiger partial charge on any atom is 0.332 e. The Morgan fingerprint density at radius 1 is 1.19 bits per heavy atom. The highest BCUT2D eigenvalue weighted by atomic mass is 16.7. The van der Waals surface area contributed by atoms with Gasteiger partial charge in [0.15, 0.2) is 0 Å². The summed E-state index contributed by atoms with van der Waals surface area (Å²) in [6.45, 7) is 4.08. The summed E-state index contributed by atoms with van der Waals surface area (Å²) < 4.78 is 0. The molecule has 0 bridgehead atoms. The number of rotatable bonds is 7. The standard InChI is InChI=1S/C12H21NO3/c1-3-5-7-9-11(14)13-16-12(15)10-8-6-4-2/h7,9H,3-6,8,10H2,1-2H3,(H,13,14). The third kappa shape index (κ3) is 9.24. The minimum absolute atomic E-state index is 0.354. The summed E-state index contributed by atoms with van der Waals surface area (Å²) in [5.74, 6) is -0.775. The first-order valence-corrected chi connectivity index (χ1v) is 5.86. The van der Waals surface area contributed by atoms with Crippen LogP contribution >= 0.6 is 0 Å². The maximum absolute atomic E-state index is 11.1. The summed E-state index contributed by atoms with van der Waals surface area (Å²) in [4.78, 5) is 26.8. The molecule has 0 atom stereocenters. The van der Waals surface area contributed by atoms with Crippen molar-refractivity contribution in [1.29, 1.82) is 0 Å². The van der Waals surface area contributed by atoms with Crippen molar-refractivity contribution < 1.29 is 14.4 Å². The molecule has 92 valence electrons. The van der Waals surface area contributed by atoms with E-state index in [0.29, 0.717) is 6.42 Å². The van der Waals surface area contributed by atoms with E-state index in [1.807, 2.05) is 6.92 Å². The van der Waals surface area contributed by atoms with E-state index in [9.17, 15) is 9.59 Å². The van der Waals surface area contributed by atoms with Gasteiger partial charge in [0.25, 0.3) is 5.91 Å². The molecule has 4 heteroatoms. The smallest absolute Gasteiger partial charge is 0.332 e. The van der Waals surface area contributed by atoms with E-state index in [0.717, 1.165) is 32.1 Å². The van der Waals surface area contributed by atoms with Crippen LogP contribution in [0.4, 0.5) is 0 Å². The van der Waals surface area contributed by atoms with Gasteiger partial charge in [-0.25, -0.2) is 4.79 Å². The first-order chi connectivity index (χ1) is 7.70. The molecular weight excluding hydrogens is 206 g/mol. The fraction of sp³-hybridized carbons (Fsp3) is 0.667. The first kappa shape index (κ1) is 14.7. The molecule has 0 spiro atoms. The van der Waals surface area contributed by atoms with Crippen molar-refractivity contribution >= 4 is 11.9 Å². The van der Waals surface area contributed by atoms with E-state index in [1.54, 1.807) is 6.08 Å². The van der Waals surface area contributed by atoms with Gasteiger partial charge < -0.3 is 4.84 Å². The van der Waals surface area contributed by atoms with Crippen LogP contribution in [-0.2, 0) is 14.4 Å². The van der Waals surface area contributed by atoms with Gasteiger partial charge in [-0.1, -0.05) is 39.2 Å². The van der Waals surface area contributed by atoms with E-state index in [-0.39, 0.29) is 5.97 Å². The molecule has 0 rings (SSSR count). The van der Waals surface area contributed by atoms with Crippen LogP contribution in [0.2, 0.25) is 0 Å². The Hall–Kier alpha value is -1.32. The second-order valence-electron chi connectivity index (χ2n) is 3.59. The lowest BCUT2D eigenvalue weighted by atomic mass is 10.2. The predicted octanol–water partition coefficient (Wildman–Crippen LogP) is 2.50. The molecule has 0 unspecified atom stereocenters. The summed E-state index contributed by atoms with van der Waals surface area (Å²) in [5.41, 5.74) is 2.09. The van der Waals surface area contributed by atoms with Crippen molar-refractivity contribution in [2.45, 2.75) is 52.4 Å². The Labute approximate surface area is 97.0 Å². The Morgan fingerprint density at radius 3 is 2.56 bits per heavy atom. The molecule has 0 aromatic rings. The number of hydrogen-bond donors (Lipinski definition) is 1. The molecule has 16 heavy (non-hydrogen) atoms. The molecule has 0 fully saturated rings. The Morgan fingerprint density at radius 2 is 1.94 bits per heavy atom. The topological polar surface area (TPSA) is 55.4 Å². The van der Waals surface area contributed by atoms with E-state index >= 15 is 0 Å². The van der Waals surface area contributed by atoms with E-state index in [2.05, 4.69) is 17.2 Å². The molecule has 1 amide bonds. The van der Waals surface area contributed by atoms with Gasteiger partial charge in [-0.3, -0.25) is 4.79 Å². The molecule has 0 aliphatic heterocycles. The quantitative estimate of drug-likeness (QED) is 0.413. The van der Waals surface area contributed by atoms with Crippen molar-refractivity contribution in [3.8, 4) is 0 Å². The summed E-state index contributed by atoms with van der Waals surface area (Å²) in [6.07, 6.45) is 8.17. The van der Waals surface area contributed by atoms with Gasteiger partial charge in [0, 0.05) is 12.5 Å². The SMILES string of the molecule is CCCC=CC(=O)NOC(=O)CCCCC. The maximum atomic E-state index is 11.1. The molecule has 0 aliphatic rings. The third-order valence-corrected chi connectivity index (χ3v) is 1.97. The second-order valence-corrected chi connectivity index (χ2v) is 3.59. The lowest BCUT2D eigenvalue weighted by Crippen LogP contribution is -2.25.